The smallest absolute Gasteiger partial charge is 0.277 e. The summed E-state index contributed by atoms with van der Waals surface area (Å²) < 4.78 is 10.2. The fraction of sp³-hybridized carbons (Fsp3) is 0.444. The van der Waals surface area contributed by atoms with Gasteiger partial charge in [0.1, 0.15) is 5.69 Å². The van der Waals surface area contributed by atoms with E-state index in [-0.39, 0.29) is 6.04 Å². The standard InChI is InChI=1S/C9H12N4O2S/c1-2-14-3-6(10)8-12-9(15-13-8)7-4-16-5-11-7/h4-6H,2-3,10H2,1H3. The summed E-state index contributed by atoms with van der Waals surface area (Å²) in [6.45, 7) is 2.90. The molecule has 2 N–H and O–H groups in total. The summed E-state index contributed by atoms with van der Waals surface area (Å²) in [7, 11) is 0. The molecule has 0 spiro atoms. The fourth-order valence-electron chi connectivity index (χ4n) is 1.13. The number of aromatic nitrogens is 3. The zero-order chi connectivity index (χ0) is 11.4. The molecule has 0 bridgehead atoms. The van der Waals surface area contributed by atoms with Gasteiger partial charge in [-0.3, -0.25) is 0 Å². The van der Waals surface area contributed by atoms with Gasteiger partial charge in [0.05, 0.1) is 18.2 Å². The lowest BCUT2D eigenvalue weighted by Crippen LogP contribution is -2.18. The van der Waals surface area contributed by atoms with E-state index in [1.165, 1.54) is 11.3 Å². The predicted octanol–water partition coefficient (Wildman–Crippen LogP) is 1.23. The molecule has 6 nitrogen and oxygen atoms in total. The molecule has 2 heterocycles. The van der Waals surface area contributed by atoms with Crippen LogP contribution in [0, 0.1) is 0 Å². The fourth-order valence-corrected chi connectivity index (χ4v) is 1.65. The van der Waals surface area contributed by atoms with Crippen LogP contribution in [0.2, 0.25) is 0 Å². The molecule has 2 rings (SSSR count). The van der Waals surface area contributed by atoms with Crippen LogP contribution < -0.4 is 5.73 Å². The normalized spacial score (nSPS) is 12.9. The van der Waals surface area contributed by atoms with Gasteiger partial charge >= 0.3 is 0 Å². The summed E-state index contributed by atoms with van der Waals surface area (Å²) >= 11 is 1.47. The summed E-state index contributed by atoms with van der Waals surface area (Å²) in [4.78, 5) is 8.24. The Kier molecular flexibility index (Phi) is 3.60. The van der Waals surface area contributed by atoms with E-state index in [9.17, 15) is 0 Å². The molecule has 0 aliphatic heterocycles. The van der Waals surface area contributed by atoms with E-state index in [1.807, 2.05) is 12.3 Å². The van der Waals surface area contributed by atoms with Crippen molar-refractivity contribution in [3.8, 4) is 11.6 Å². The van der Waals surface area contributed by atoms with Crippen LogP contribution in [0.1, 0.15) is 18.8 Å². The molecule has 0 amide bonds. The first-order valence-electron chi connectivity index (χ1n) is 4.86. The third kappa shape index (κ3) is 2.43. The first-order valence-corrected chi connectivity index (χ1v) is 5.81. The number of nitrogens with zero attached hydrogens (tertiary/aromatic N) is 3. The van der Waals surface area contributed by atoms with Gasteiger partial charge in [0, 0.05) is 12.0 Å². The van der Waals surface area contributed by atoms with Crippen LogP contribution in [0.3, 0.4) is 0 Å². The van der Waals surface area contributed by atoms with E-state index in [0.29, 0.717) is 30.6 Å². The van der Waals surface area contributed by atoms with E-state index in [1.54, 1.807) is 5.51 Å². The lowest BCUT2D eigenvalue weighted by Gasteiger charge is -2.05. The van der Waals surface area contributed by atoms with Gasteiger partial charge in [0.2, 0.25) is 0 Å². The lowest BCUT2D eigenvalue weighted by atomic mass is 10.3. The Morgan fingerprint density at radius 1 is 1.62 bits per heavy atom. The Hall–Kier alpha value is -1.31. The van der Waals surface area contributed by atoms with Gasteiger partial charge in [-0.2, -0.15) is 4.98 Å². The highest BCUT2D eigenvalue weighted by molar-refractivity contribution is 7.07. The molecule has 1 atom stereocenters. The van der Waals surface area contributed by atoms with Crippen LogP contribution in [0.25, 0.3) is 11.6 Å². The van der Waals surface area contributed by atoms with Crippen molar-refractivity contribution in [2.24, 2.45) is 5.73 Å². The maximum atomic E-state index is 5.82. The van der Waals surface area contributed by atoms with Gasteiger partial charge in [-0.05, 0) is 6.92 Å². The first-order chi connectivity index (χ1) is 7.81. The van der Waals surface area contributed by atoms with E-state index in [4.69, 9.17) is 15.0 Å². The largest absolute Gasteiger partial charge is 0.380 e. The molecule has 0 aromatic carbocycles. The average Bonchev–Trinajstić information content (AvgIpc) is 2.94. The van der Waals surface area contributed by atoms with Crippen LogP contribution in [0.5, 0.6) is 0 Å². The number of rotatable bonds is 5. The van der Waals surface area contributed by atoms with Gasteiger partial charge in [-0.15, -0.1) is 11.3 Å². The summed E-state index contributed by atoms with van der Waals surface area (Å²) in [5.41, 5.74) is 8.20. The minimum absolute atomic E-state index is 0.365. The quantitative estimate of drug-likeness (QED) is 0.845. The van der Waals surface area contributed by atoms with Crippen molar-refractivity contribution in [2.45, 2.75) is 13.0 Å². The topological polar surface area (TPSA) is 87.1 Å². The molecule has 0 fully saturated rings. The highest BCUT2D eigenvalue weighted by Crippen LogP contribution is 2.18. The molecule has 0 aliphatic carbocycles. The monoisotopic (exact) mass is 240 g/mol. The Morgan fingerprint density at radius 2 is 2.50 bits per heavy atom. The van der Waals surface area contributed by atoms with Crippen LogP contribution in [-0.2, 0) is 4.74 Å². The third-order valence-corrected chi connectivity index (χ3v) is 2.51. The summed E-state index contributed by atoms with van der Waals surface area (Å²) in [5, 5.41) is 5.64. The van der Waals surface area contributed by atoms with Crippen LogP contribution in [0.15, 0.2) is 15.4 Å². The maximum absolute atomic E-state index is 5.82. The van der Waals surface area contributed by atoms with Crippen molar-refractivity contribution in [3.05, 3.63) is 16.7 Å². The Bertz CT molecular complexity index is 428. The highest BCUT2D eigenvalue weighted by Gasteiger charge is 2.16. The van der Waals surface area contributed by atoms with Gasteiger partial charge in [0.25, 0.3) is 5.89 Å². The molecule has 16 heavy (non-hydrogen) atoms. The van der Waals surface area contributed by atoms with Crippen LogP contribution in [-0.4, -0.2) is 28.3 Å². The Balaban J connectivity index is 2.07. The SMILES string of the molecule is CCOCC(N)c1noc(-c2cscn2)n1. The molecule has 2 aromatic heterocycles. The van der Waals surface area contributed by atoms with Crippen molar-refractivity contribution in [1.29, 1.82) is 0 Å². The molecular weight excluding hydrogens is 228 g/mol. The van der Waals surface area contributed by atoms with E-state index in [0.717, 1.165) is 0 Å². The first kappa shape index (κ1) is 11.2. The highest BCUT2D eigenvalue weighted by atomic mass is 32.1. The number of hydrogen-bond donors (Lipinski definition) is 1. The molecule has 0 radical (unpaired) electrons. The zero-order valence-electron chi connectivity index (χ0n) is 8.79. The van der Waals surface area contributed by atoms with Crippen LogP contribution >= 0.6 is 11.3 Å². The second-order valence-electron chi connectivity index (χ2n) is 3.10. The molecule has 2 aromatic rings. The summed E-state index contributed by atoms with van der Waals surface area (Å²) in [6, 6.07) is -0.365. The number of thiazole rings is 1. The van der Waals surface area contributed by atoms with Gasteiger partial charge in [0.15, 0.2) is 5.82 Å². The number of ether oxygens (including phenoxy) is 1. The second-order valence-corrected chi connectivity index (χ2v) is 3.82. The molecule has 1 unspecified atom stereocenters. The zero-order valence-corrected chi connectivity index (χ0v) is 9.61. The van der Waals surface area contributed by atoms with E-state index < -0.39 is 0 Å². The molecule has 0 saturated heterocycles. The van der Waals surface area contributed by atoms with Crippen LogP contribution in [0.4, 0.5) is 0 Å². The van der Waals surface area contributed by atoms with Crippen molar-refractivity contribution in [1.82, 2.24) is 15.1 Å². The van der Waals surface area contributed by atoms with E-state index in [2.05, 4.69) is 15.1 Å². The Labute approximate surface area is 96.4 Å². The van der Waals surface area contributed by atoms with Gasteiger partial charge in [-0.25, -0.2) is 4.98 Å². The molecule has 0 saturated carbocycles. The lowest BCUT2D eigenvalue weighted by molar-refractivity contribution is 0.130. The van der Waals surface area contributed by atoms with Crippen molar-refractivity contribution in [3.63, 3.8) is 0 Å². The summed E-state index contributed by atoms with van der Waals surface area (Å²) in [6.07, 6.45) is 0. The average molecular weight is 240 g/mol. The molecule has 86 valence electrons. The Morgan fingerprint density at radius 3 is 3.19 bits per heavy atom. The molecular formula is C9H12N4O2S. The van der Waals surface area contributed by atoms with Crippen molar-refractivity contribution in [2.75, 3.05) is 13.2 Å². The maximum Gasteiger partial charge on any atom is 0.277 e. The minimum Gasteiger partial charge on any atom is -0.380 e. The molecule has 7 heteroatoms. The minimum atomic E-state index is -0.365. The third-order valence-electron chi connectivity index (χ3n) is 1.93. The van der Waals surface area contributed by atoms with Gasteiger partial charge < -0.3 is 15.0 Å². The van der Waals surface area contributed by atoms with E-state index >= 15 is 0 Å². The number of nitrogens with two attached hydrogens (primary N) is 1. The molecule has 0 aliphatic rings. The summed E-state index contributed by atoms with van der Waals surface area (Å²) in [5.74, 6) is 0.833. The second kappa shape index (κ2) is 5.15. The predicted molar refractivity (Wildman–Crippen MR) is 58.8 cm³/mol. The van der Waals surface area contributed by atoms with Crippen molar-refractivity contribution >= 4 is 11.3 Å². The van der Waals surface area contributed by atoms with Gasteiger partial charge in [-0.1, -0.05) is 5.16 Å². The number of hydrogen-bond acceptors (Lipinski definition) is 7. The van der Waals surface area contributed by atoms with Crippen molar-refractivity contribution < 1.29 is 9.26 Å².